The van der Waals surface area contributed by atoms with Crippen molar-refractivity contribution in [1.82, 2.24) is 9.80 Å². The Morgan fingerprint density at radius 3 is 0.720 bits per heavy atom. The van der Waals surface area contributed by atoms with Gasteiger partial charge in [0.15, 0.2) is 0 Å². The molecular weight excluding hydrogens is 538 g/mol. The first-order chi connectivity index (χ1) is 8.56. The van der Waals surface area contributed by atoms with E-state index in [0.717, 1.165) is 15.5 Å². The molecular formula is C19H58I2N4. The minimum Gasteiger partial charge on any atom is -0.358 e. The summed E-state index contributed by atoms with van der Waals surface area (Å²) in [5.41, 5.74) is 0. The van der Waals surface area contributed by atoms with Crippen LogP contribution in [0.2, 0.25) is 0 Å². The standard InChI is InChI=1S/C5H14N.C4H12N.C4H11N.C3H9N.CH4.2CH3.2HI/c1-5-6(2,3)4;1-5(2,3)4;1-4-5(2)3;1-4(2)3;;;;;/h5H2,1-4H3;1-4H3;4H2,1-3H3;1-3H3;1H4;2*1H3;2*1H/q2*+1;;;;2*-1;;. The summed E-state index contributed by atoms with van der Waals surface area (Å²) in [5, 5.41) is 0. The van der Waals surface area contributed by atoms with E-state index in [1.54, 1.807) is 0 Å². The number of hydrogen-bond acceptors (Lipinski definition) is 2. The lowest BCUT2D eigenvalue weighted by atomic mass is 10.6. The van der Waals surface area contributed by atoms with Gasteiger partial charge in [-0.1, -0.05) is 14.4 Å². The van der Waals surface area contributed by atoms with Gasteiger partial charge in [0.1, 0.15) is 0 Å². The van der Waals surface area contributed by atoms with Crippen LogP contribution in [-0.2, 0) is 0 Å². The summed E-state index contributed by atoms with van der Waals surface area (Å²) >= 11 is 0. The molecule has 0 aliphatic heterocycles. The molecule has 0 rings (SSSR count). The van der Waals surface area contributed by atoms with Crippen LogP contribution in [-0.4, -0.2) is 116 Å². The van der Waals surface area contributed by atoms with Gasteiger partial charge in [0.05, 0.1) is 55.9 Å². The lowest BCUT2D eigenvalue weighted by Crippen LogP contribution is -2.33. The summed E-state index contributed by atoms with van der Waals surface area (Å²) in [6.07, 6.45) is 0. The third kappa shape index (κ3) is 346. The van der Waals surface area contributed by atoms with Crippen molar-refractivity contribution in [1.29, 1.82) is 0 Å². The highest BCUT2D eigenvalue weighted by Gasteiger charge is 1.97. The van der Waals surface area contributed by atoms with Crippen molar-refractivity contribution in [3.8, 4) is 0 Å². The fourth-order valence-electron chi connectivity index (χ4n) is 0. The molecule has 0 aliphatic rings. The van der Waals surface area contributed by atoms with Crippen LogP contribution in [0.1, 0.15) is 21.3 Å². The maximum atomic E-state index is 2.18. The maximum absolute atomic E-state index is 2.18. The van der Waals surface area contributed by atoms with Crippen LogP contribution in [0.25, 0.3) is 0 Å². The molecule has 6 heteroatoms. The highest BCUT2D eigenvalue weighted by Crippen LogP contribution is 1.83. The molecule has 0 aliphatic carbocycles. The SMILES string of the molecule is C.CCN(C)C.CC[N+](C)(C)C.CN(C)C.C[N+](C)(C)C.I.I.[CH3-].[CH3-]. The van der Waals surface area contributed by atoms with E-state index >= 15 is 0 Å². The lowest BCUT2D eigenvalue weighted by molar-refractivity contribution is -0.868. The van der Waals surface area contributed by atoms with Gasteiger partial charge >= 0.3 is 0 Å². The number of quaternary nitrogens is 2. The number of halogens is 2. The lowest BCUT2D eigenvalue weighted by Gasteiger charge is -2.20. The summed E-state index contributed by atoms with van der Waals surface area (Å²) in [6, 6.07) is 0. The second kappa shape index (κ2) is 32.9. The molecule has 0 aromatic heterocycles. The molecule has 0 bridgehead atoms. The van der Waals surface area contributed by atoms with Crippen molar-refractivity contribution in [2.24, 2.45) is 0 Å². The van der Waals surface area contributed by atoms with Gasteiger partial charge in [-0.05, 0) is 48.7 Å². The van der Waals surface area contributed by atoms with Gasteiger partial charge in [0.25, 0.3) is 0 Å². The summed E-state index contributed by atoms with van der Waals surface area (Å²) in [6.45, 7) is 6.65. The summed E-state index contributed by atoms with van der Waals surface area (Å²) in [4.78, 5) is 4.12. The highest BCUT2D eigenvalue weighted by atomic mass is 127. The van der Waals surface area contributed by atoms with Gasteiger partial charge in [0, 0.05) is 0 Å². The van der Waals surface area contributed by atoms with Crippen LogP contribution in [0.3, 0.4) is 0 Å². The first kappa shape index (κ1) is 56.2. The predicted octanol–water partition coefficient (Wildman–Crippen LogP) is 4.55. The molecule has 0 saturated carbocycles. The van der Waals surface area contributed by atoms with E-state index < -0.39 is 0 Å². The summed E-state index contributed by atoms with van der Waals surface area (Å²) in [5.74, 6) is 0. The molecule has 0 spiro atoms. The van der Waals surface area contributed by atoms with Crippen molar-refractivity contribution < 1.29 is 8.97 Å². The zero-order valence-electron chi connectivity index (χ0n) is 20.0. The molecule has 0 heterocycles. The van der Waals surface area contributed by atoms with E-state index in [-0.39, 0.29) is 70.2 Å². The first-order valence-electron chi connectivity index (χ1n) is 7.41. The molecule has 0 amide bonds. The average Bonchev–Trinajstić information content (AvgIpc) is 2.14. The van der Waals surface area contributed by atoms with E-state index in [2.05, 4.69) is 82.2 Å². The fraction of sp³-hybridized carbons (Fsp3) is 0.895. The van der Waals surface area contributed by atoms with Gasteiger partial charge in [-0.3, -0.25) is 0 Å². The molecule has 25 heavy (non-hydrogen) atoms. The second-order valence-electron chi connectivity index (χ2n) is 8.03. The van der Waals surface area contributed by atoms with Crippen molar-refractivity contribution in [2.45, 2.75) is 21.3 Å². The van der Waals surface area contributed by atoms with Crippen LogP contribution < -0.4 is 0 Å². The Labute approximate surface area is 199 Å². The van der Waals surface area contributed by atoms with E-state index in [1.165, 1.54) is 6.54 Å². The molecule has 168 valence electrons. The maximum Gasteiger partial charge on any atom is 0.0751 e. The monoisotopic (exact) mass is 596 g/mol. The number of rotatable bonds is 2. The molecule has 0 N–H and O–H groups in total. The van der Waals surface area contributed by atoms with E-state index in [0.29, 0.717) is 0 Å². The molecule has 0 radical (unpaired) electrons. The third-order valence-electron chi connectivity index (χ3n) is 1.58. The Morgan fingerprint density at radius 2 is 0.720 bits per heavy atom. The normalized spacial score (nSPS) is 8.64. The van der Waals surface area contributed by atoms with Crippen LogP contribution in [0, 0.1) is 14.9 Å². The Balaban J connectivity index is -0.0000000184. The van der Waals surface area contributed by atoms with Crippen LogP contribution in [0.4, 0.5) is 0 Å². The Morgan fingerprint density at radius 1 is 0.640 bits per heavy atom. The van der Waals surface area contributed by atoms with E-state index in [4.69, 9.17) is 0 Å². The van der Waals surface area contributed by atoms with E-state index in [1.807, 2.05) is 26.0 Å². The topological polar surface area (TPSA) is 6.48 Å². The summed E-state index contributed by atoms with van der Waals surface area (Å²) in [7, 11) is 25.2. The van der Waals surface area contributed by atoms with Crippen LogP contribution >= 0.6 is 48.0 Å². The van der Waals surface area contributed by atoms with Crippen LogP contribution in [0.15, 0.2) is 0 Å². The summed E-state index contributed by atoms with van der Waals surface area (Å²) < 4.78 is 2.07. The molecule has 0 unspecified atom stereocenters. The molecule has 4 nitrogen and oxygen atoms in total. The zero-order valence-corrected chi connectivity index (χ0v) is 24.7. The fourth-order valence-corrected chi connectivity index (χ4v) is 0. The smallest absolute Gasteiger partial charge is 0.0751 e. The Bertz CT molecular complexity index is 166. The van der Waals surface area contributed by atoms with Crippen molar-refractivity contribution >= 4 is 48.0 Å². The first-order valence-corrected chi connectivity index (χ1v) is 7.41. The Hall–Kier alpha value is 1.30. The molecule has 0 saturated heterocycles. The molecule has 0 fully saturated rings. The molecule has 0 aromatic carbocycles. The van der Waals surface area contributed by atoms with Crippen molar-refractivity contribution in [2.75, 3.05) is 97.7 Å². The second-order valence-corrected chi connectivity index (χ2v) is 8.03. The van der Waals surface area contributed by atoms with Gasteiger partial charge in [0.2, 0.25) is 0 Å². The quantitative estimate of drug-likeness (QED) is 0.262. The van der Waals surface area contributed by atoms with Gasteiger partial charge < -0.3 is 33.6 Å². The number of hydrogen-bond donors (Lipinski definition) is 0. The van der Waals surface area contributed by atoms with E-state index in [9.17, 15) is 0 Å². The third-order valence-corrected chi connectivity index (χ3v) is 1.58. The minimum absolute atomic E-state index is 0. The van der Waals surface area contributed by atoms with Crippen molar-refractivity contribution in [3.05, 3.63) is 14.9 Å². The van der Waals surface area contributed by atoms with Crippen LogP contribution in [0.5, 0.6) is 0 Å². The average molecular weight is 597 g/mol. The highest BCUT2D eigenvalue weighted by molar-refractivity contribution is 14.0. The van der Waals surface area contributed by atoms with Gasteiger partial charge in [-0.15, -0.1) is 48.0 Å². The minimum atomic E-state index is 0. The van der Waals surface area contributed by atoms with Gasteiger partial charge in [-0.25, -0.2) is 0 Å². The predicted molar refractivity (Wildman–Crippen MR) is 147 cm³/mol. The zero-order chi connectivity index (χ0) is 17.6. The van der Waals surface area contributed by atoms with Crippen molar-refractivity contribution in [3.63, 3.8) is 0 Å². The Kier molecular flexibility index (Phi) is 74.1. The largest absolute Gasteiger partial charge is 0.358 e. The molecule has 0 atom stereocenters. The number of nitrogens with zero attached hydrogens (tertiary/aromatic N) is 4. The van der Waals surface area contributed by atoms with Gasteiger partial charge in [-0.2, -0.15) is 0 Å². The molecule has 0 aromatic rings.